The number of hydrogen-bond acceptors (Lipinski definition) is 3. The molecule has 104 valence electrons. The van der Waals surface area contributed by atoms with Gasteiger partial charge in [0.2, 0.25) is 6.79 Å². The number of piperidine rings is 1. The third-order valence-corrected chi connectivity index (χ3v) is 3.69. The van der Waals surface area contributed by atoms with Crippen LogP contribution < -0.4 is 14.8 Å². The fourth-order valence-electron chi connectivity index (χ4n) is 2.67. The van der Waals surface area contributed by atoms with E-state index in [4.69, 9.17) is 9.47 Å². The van der Waals surface area contributed by atoms with Gasteiger partial charge in [-0.15, -0.1) is 0 Å². The third-order valence-electron chi connectivity index (χ3n) is 3.69. The van der Waals surface area contributed by atoms with Crippen LogP contribution in [0, 0.1) is 0 Å². The smallest absolute Gasteiger partial charge is 0.270 e. The molecule has 2 aliphatic heterocycles. The predicted octanol–water partition coefficient (Wildman–Crippen LogP) is 3.34. The molecule has 1 atom stereocenters. The second-order valence-electron chi connectivity index (χ2n) is 5.19. The molecular formula is C14H17F2NO2. The lowest BCUT2D eigenvalue weighted by Crippen LogP contribution is -2.27. The fourth-order valence-corrected chi connectivity index (χ4v) is 2.67. The van der Waals surface area contributed by atoms with Gasteiger partial charge < -0.3 is 14.8 Å². The van der Waals surface area contributed by atoms with Crippen LogP contribution in [0.25, 0.3) is 0 Å². The monoisotopic (exact) mass is 269 g/mol. The van der Waals surface area contributed by atoms with Crippen molar-refractivity contribution in [3.8, 4) is 11.5 Å². The Labute approximate surface area is 110 Å². The van der Waals surface area contributed by atoms with Crippen LogP contribution in [0.1, 0.15) is 43.4 Å². The van der Waals surface area contributed by atoms with Crippen LogP contribution in [0.4, 0.5) is 8.78 Å². The Hall–Kier alpha value is -1.36. The molecule has 1 N–H and O–H groups in total. The first-order chi connectivity index (χ1) is 9.05. The molecular weight excluding hydrogens is 252 g/mol. The van der Waals surface area contributed by atoms with Crippen molar-refractivity contribution in [3.05, 3.63) is 23.3 Å². The Balaban J connectivity index is 2.04. The van der Waals surface area contributed by atoms with Crippen LogP contribution in [0.5, 0.6) is 11.5 Å². The van der Waals surface area contributed by atoms with Crippen molar-refractivity contribution in [1.82, 2.24) is 5.32 Å². The quantitative estimate of drug-likeness (QED) is 0.893. The standard InChI is InChI=1S/C14H17F2NO2/c1-14(15,16)9-6-10(11-4-2-3-5-17-11)13-12(7-9)18-8-19-13/h6-7,11,17H,2-5,8H2,1H3. The van der Waals surface area contributed by atoms with E-state index in [1.165, 1.54) is 6.07 Å². The average molecular weight is 269 g/mol. The van der Waals surface area contributed by atoms with E-state index in [1.807, 2.05) is 0 Å². The molecule has 5 heteroatoms. The third kappa shape index (κ3) is 2.39. The van der Waals surface area contributed by atoms with Gasteiger partial charge in [-0.2, -0.15) is 0 Å². The minimum Gasteiger partial charge on any atom is -0.454 e. The molecule has 0 spiro atoms. The van der Waals surface area contributed by atoms with Gasteiger partial charge in [-0.25, -0.2) is 8.78 Å². The number of benzene rings is 1. The zero-order valence-electron chi connectivity index (χ0n) is 10.8. The first-order valence-corrected chi connectivity index (χ1v) is 6.61. The average Bonchev–Trinajstić information content (AvgIpc) is 2.85. The highest BCUT2D eigenvalue weighted by atomic mass is 19.3. The summed E-state index contributed by atoms with van der Waals surface area (Å²) in [5.74, 6) is -1.82. The Morgan fingerprint density at radius 2 is 2.11 bits per heavy atom. The maximum atomic E-state index is 13.6. The predicted molar refractivity (Wildman–Crippen MR) is 66.7 cm³/mol. The Kier molecular flexibility index (Phi) is 3.09. The SMILES string of the molecule is CC(F)(F)c1cc2c(c(C3CCCCN3)c1)OCO2. The highest BCUT2D eigenvalue weighted by Gasteiger charge is 2.32. The van der Waals surface area contributed by atoms with Gasteiger partial charge in [0, 0.05) is 24.1 Å². The summed E-state index contributed by atoms with van der Waals surface area (Å²) in [5, 5.41) is 3.36. The van der Waals surface area contributed by atoms with Crippen molar-refractivity contribution < 1.29 is 18.3 Å². The lowest BCUT2D eigenvalue weighted by atomic mass is 9.94. The number of fused-ring (bicyclic) bond motifs is 1. The molecule has 1 aromatic carbocycles. The number of halogens is 2. The van der Waals surface area contributed by atoms with Crippen molar-refractivity contribution in [3.63, 3.8) is 0 Å². The van der Waals surface area contributed by atoms with Crippen LogP contribution in [0.3, 0.4) is 0 Å². The van der Waals surface area contributed by atoms with Crippen LogP contribution >= 0.6 is 0 Å². The molecule has 1 aromatic rings. The summed E-state index contributed by atoms with van der Waals surface area (Å²) < 4.78 is 37.8. The molecule has 1 fully saturated rings. The van der Waals surface area contributed by atoms with Gasteiger partial charge in [-0.05, 0) is 31.5 Å². The van der Waals surface area contributed by atoms with Crippen molar-refractivity contribution in [2.75, 3.05) is 13.3 Å². The van der Waals surface area contributed by atoms with Gasteiger partial charge in [0.15, 0.2) is 11.5 Å². The fraction of sp³-hybridized carbons (Fsp3) is 0.571. The molecule has 0 aromatic heterocycles. The van der Waals surface area contributed by atoms with E-state index in [0.717, 1.165) is 38.3 Å². The molecule has 1 saturated heterocycles. The van der Waals surface area contributed by atoms with Gasteiger partial charge in [0.25, 0.3) is 5.92 Å². The van der Waals surface area contributed by atoms with Crippen LogP contribution in [0.15, 0.2) is 12.1 Å². The minimum absolute atomic E-state index is 0.0147. The van der Waals surface area contributed by atoms with Gasteiger partial charge in [0.05, 0.1) is 0 Å². The van der Waals surface area contributed by atoms with Gasteiger partial charge in [-0.1, -0.05) is 6.42 Å². The Bertz CT molecular complexity index is 479. The van der Waals surface area contributed by atoms with E-state index >= 15 is 0 Å². The molecule has 3 nitrogen and oxygen atoms in total. The van der Waals surface area contributed by atoms with E-state index in [2.05, 4.69) is 5.32 Å². The maximum absolute atomic E-state index is 13.6. The first-order valence-electron chi connectivity index (χ1n) is 6.61. The van der Waals surface area contributed by atoms with E-state index in [0.29, 0.717) is 11.5 Å². The molecule has 0 bridgehead atoms. The van der Waals surface area contributed by atoms with Gasteiger partial charge in [0.1, 0.15) is 0 Å². The van der Waals surface area contributed by atoms with E-state index < -0.39 is 5.92 Å². The number of hydrogen-bond donors (Lipinski definition) is 1. The minimum atomic E-state index is -2.87. The zero-order valence-corrected chi connectivity index (χ0v) is 10.8. The van der Waals surface area contributed by atoms with Crippen molar-refractivity contribution in [1.29, 1.82) is 0 Å². The van der Waals surface area contributed by atoms with E-state index in [9.17, 15) is 8.78 Å². The Morgan fingerprint density at radius 1 is 1.26 bits per heavy atom. The molecule has 1 unspecified atom stereocenters. The summed E-state index contributed by atoms with van der Waals surface area (Å²) in [6.45, 7) is 1.92. The lowest BCUT2D eigenvalue weighted by molar-refractivity contribution is 0.0171. The van der Waals surface area contributed by atoms with Crippen molar-refractivity contribution >= 4 is 0 Å². The molecule has 0 saturated carbocycles. The summed E-state index contributed by atoms with van der Waals surface area (Å²) in [7, 11) is 0. The molecule has 2 heterocycles. The number of alkyl halides is 2. The topological polar surface area (TPSA) is 30.5 Å². The van der Waals surface area contributed by atoms with Crippen LogP contribution in [-0.2, 0) is 5.92 Å². The highest BCUT2D eigenvalue weighted by molar-refractivity contribution is 5.53. The summed E-state index contributed by atoms with van der Waals surface area (Å²) in [5.41, 5.74) is 0.783. The lowest BCUT2D eigenvalue weighted by Gasteiger charge is -2.25. The second kappa shape index (κ2) is 4.63. The van der Waals surface area contributed by atoms with E-state index in [1.54, 1.807) is 6.07 Å². The number of ether oxygens (including phenoxy) is 2. The molecule has 0 aliphatic carbocycles. The largest absolute Gasteiger partial charge is 0.454 e. The number of rotatable bonds is 2. The summed E-state index contributed by atoms with van der Waals surface area (Å²) in [6, 6.07) is 3.01. The molecule has 2 aliphatic rings. The summed E-state index contributed by atoms with van der Waals surface area (Å²) in [6.07, 6.45) is 3.16. The van der Waals surface area contributed by atoms with Crippen LogP contribution in [-0.4, -0.2) is 13.3 Å². The number of nitrogens with one attached hydrogen (secondary N) is 1. The normalized spacial score (nSPS) is 22.6. The van der Waals surface area contributed by atoms with E-state index in [-0.39, 0.29) is 18.4 Å². The summed E-state index contributed by atoms with van der Waals surface area (Å²) in [4.78, 5) is 0. The van der Waals surface area contributed by atoms with Crippen LogP contribution in [0.2, 0.25) is 0 Å². The van der Waals surface area contributed by atoms with Crippen molar-refractivity contribution in [2.24, 2.45) is 0 Å². The van der Waals surface area contributed by atoms with Crippen molar-refractivity contribution in [2.45, 2.75) is 38.2 Å². The second-order valence-corrected chi connectivity index (χ2v) is 5.19. The maximum Gasteiger partial charge on any atom is 0.270 e. The highest BCUT2D eigenvalue weighted by Crippen LogP contribution is 2.44. The Morgan fingerprint density at radius 3 is 2.79 bits per heavy atom. The molecule has 0 radical (unpaired) electrons. The molecule has 19 heavy (non-hydrogen) atoms. The first kappa shape index (κ1) is 12.7. The summed E-state index contributed by atoms with van der Waals surface area (Å²) >= 11 is 0. The zero-order chi connectivity index (χ0) is 13.5. The molecule has 0 amide bonds. The molecule has 3 rings (SSSR count). The van der Waals surface area contributed by atoms with Gasteiger partial charge >= 0.3 is 0 Å². The van der Waals surface area contributed by atoms with Gasteiger partial charge in [-0.3, -0.25) is 0 Å².